The summed E-state index contributed by atoms with van der Waals surface area (Å²) in [7, 11) is -3.98. The van der Waals surface area contributed by atoms with Gasteiger partial charge in [0.05, 0.1) is 6.20 Å². The molecule has 0 radical (unpaired) electrons. The topological polar surface area (TPSA) is 101 Å². The minimum absolute atomic E-state index is 0.0602. The van der Waals surface area contributed by atoms with Gasteiger partial charge in [0, 0.05) is 12.1 Å². The van der Waals surface area contributed by atoms with E-state index in [1.54, 1.807) is 23.1 Å². The number of thiophene rings is 1. The van der Waals surface area contributed by atoms with Crippen LogP contribution in [0.1, 0.15) is 23.5 Å². The van der Waals surface area contributed by atoms with Crippen molar-refractivity contribution < 1.29 is 18.3 Å². The number of nitrogens with zero attached hydrogens (tertiary/aromatic N) is 2. The molecule has 3 aromatic rings. The summed E-state index contributed by atoms with van der Waals surface area (Å²) in [5, 5.41) is 14.5. The minimum Gasteiger partial charge on any atom is -0.480 e. The van der Waals surface area contributed by atoms with Crippen molar-refractivity contribution in [3.05, 3.63) is 66.0 Å². The van der Waals surface area contributed by atoms with Crippen molar-refractivity contribution in [1.29, 1.82) is 0 Å². The molecule has 1 saturated carbocycles. The zero-order valence-electron chi connectivity index (χ0n) is 14.4. The fourth-order valence-electron chi connectivity index (χ4n) is 3.14. The third kappa shape index (κ3) is 3.18. The average Bonchev–Trinajstić information content (AvgIpc) is 2.98. The molecule has 2 N–H and O–H groups in total. The summed E-state index contributed by atoms with van der Waals surface area (Å²) in [5.74, 6) is -1.56. The molecule has 7 nitrogen and oxygen atoms in total. The van der Waals surface area contributed by atoms with E-state index in [9.17, 15) is 18.3 Å². The number of benzene rings is 1. The Morgan fingerprint density at radius 2 is 2.04 bits per heavy atom. The van der Waals surface area contributed by atoms with Crippen LogP contribution in [0.15, 0.2) is 59.1 Å². The SMILES string of the molecule is Cc1cnn(-c2ccc(S(=O)(=O)N[C@@]3(C(=O)O)C[C@@H]3c3ccccc3)s2)c1. The first kappa shape index (κ1) is 17.9. The monoisotopic (exact) mass is 403 g/mol. The first-order valence-corrected chi connectivity index (χ1v) is 10.6. The van der Waals surface area contributed by atoms with E-state index in [-0.39, 0.29) is 16.5 Å². The van der Waals surface area contributed by atoms with Gasteiger partial charge in [0.1, 0.15) is 14.7 Å². The van der Waals surface area contributed by atoms with Gasteiger partial charge in [-0.3, -0.25) is 4.79 Å². The maximum absolute atomic E-state index is 12.8. The number of hydrogen-bond donors (Lipinski definition) is 2. The fraction of sp³-hybridized carbons (Fsp3) is 0.222. The van der Waals surface area contributed by atoms with Crippen molar-refractivity contribution in [1.82, 2.24) is 14.5 Å². The third-order valence-electron chi connectivity index (χ3n) is 4.63. The molecule has 4 rings (SSSR count). The van der Waals surface area contributed by atoms with Crippen molar-refractivity contribution in [2.24, 2.45) is 0 Å². The first-order valence-electron chi connectivity index (χ1n) is 8.26. The Bertz CT molecular complexity index is 1100. The normalized spacial score (nSPS) is 21.9. The molecule has 0 amide bonds. The van der Waals surface area contributed by atoms with Crippen LogP contribution in [0.3, 0.4) is 0 Å². The third-order valence-corrected chi connectivity index (χ3v) is 7.71. The van der Waals surface area contributed by atoms with E-state index in [1.165, 1.54) is 6.07 Å². The first-order chi connectivity index (χ1) is 12.8. The van der Waals surface area contributed by atoms with Crippen molar-refractivity contribution in [3.8, 4) is 5.00 Å². The van der Waals surface area contributed by atoms with Gasteiger partial charge < -0.3 is 5.11 Å². The Morgan fingerprint density at radius 3 is 2.67 bits per heavy atom. The lowest BCUT2D eigenvalue weighted by Crippen LogP contribution is -2.44. The highest BCUT2D eigenvalue weighted by Crippen LogP contribution is 2.52. The van der Waals surface area contributed by atoms with Gasteiger partial charge in [-0.2, -0.15) is 9.82 Å². The average molecular weight is 403 g/mol. The van der Waals surface area contributed by atoms with Crippen molar-refractivity contribution in [2.45, 2.75) is 29.0 Å². The second kappa shape index (κ2) is 6.29. The number of rotatable bonds is 6. The molecule has 0 unspecified atom stereocenters. The Labute approximate surface area is 160 Å². The molecule has 0 bridgehead atoms. The molecule has 2 atom stereocenters. The Hall–Kier alpha value is -2.49. The lowest BCUT2D eigenvalue weighted by molar-refractivity contribution is -0.140. The molecular weight excluding hydrogens is 386 g/mol. The summed E-state index contributed by atoms with van der Waals surface area (Å²) >= 11 is 1.04. The van der Waals surface area contributed by atoms with E-state index in [0.29, 0.717) is 5.00 Å². The van der Waals surface area contributed by atoms with E-state index in [1.807, 2.05) is 37.3 Å². The molecule has 0 saturated heterocycles. The number of aryl methyl sites for hydroxylation is 1. The van der Waals surface area contributed by atoms with Crippen LogP contribution in [-0.4, -0.2) is 34.8 Å². The molecule has 1 aliphatic carbocycles. The lowest BCUT2D eigenvalue weighted by atomic mass is 10.1. The summed E-state index contributed by atoms with van der Waals surface area (Å²) in [6, 6.07) is 12.2. The molecule has 9 heteroatoms. The molecule has 0 aliphatic heterocycles. The molecule has 2 aromatic heterocycles. The van der Waals surface area contributed by atoms with Crippen LogP contribution in [0.4, 0.5) is 0 Å². The fourth-order valence-corrected chi connectivity index (χ4v) is 5.78. The number of carboxylic acid groups (broad SMARTS) is 1. The highest BCUT2D eigenvalue weighted by atomic mass is 32.2. The molecule has 1 aliphatic rings. The summed E-state index contributed by atoms with van der Waals surface area (Å²) in [6.45, 7) is 1.89. The second-order valence-electron chi connectivity index (χ2n) is 6.60. The Morgan fingerprint density at radius 1 is 1.30 bits per heavy atom. The molecule has 0 spiro atoms. The van der Waals surface area contributed by atoms with Crippen LogP contribution in [0.5, 0.6) is 0 Å². The van der Waals surface area contributed by atoms with E-state index in [2.05, 4.69) is 9.82 Å². The van der Waals surface area contributed by atoms with Crippen molar-refractivity contribution in [2.75, 3.05) is 0 Å². The molecule has 27 heavy (non-hydrogen) atoms. The van der Waals surface area contributed by atoms with Crippen molar-refractivity contribution >= 4 is 27.3 Å². The van der Waals surface area contributed by atoms with Gasteiger partial charge in [-0.15, -0.1) is 11.3 Å². The number of carbonyl (C=O) groups is 1. The van der Waals surface area contributed by atoms with Crippen LogP contribution in [0.25, 0.3) is 5.00 Å². The molecule has 140 valence electrons. The molecule has 1 fully saturated rings. The minimum atomic E-state index is -3.98. The number of sulfonamides is 1. The van der Waals surface area contributed by atoms with Crippen LogP contribution in [0, 0.1) is 6.92 Å². The number of aliphatic carboxylic acids is 1. The Kier molecular flexibility index (Phi) is 4.17. The van der Waals surface area contributed by atoms with Gasteiger partial charge in [0.15, 0.2) is 0 Å². The summed E-state index contributed by atoms with van der Waals surface area (Å²) < 4.78 is 29.7. The van der Waals surface area contributed by atoms with Crippen LogP contribution in [0.2, 0.25) is 0 Å². The summed E-state index contributed by atoms with van der Waals surface area (Å²) in [5.41, 5.74) is 0.257. The predicted octanol–water partition coefficient (Wildman–Crippen LogP) is 2.53. The zero-order chi connectivity index (χ0) is 19.2. The van der Waals surface area contributed by atoms with Crippen LogP contribution < -0.4 is 4.72 Å². The summed E-state index contributed by atoms with van der Waals surface area (Å²) in [6.07, 6.45) is 3.70. The number of aromatic nitrogens is 2. The van der Waals surface area contributed by atoms with Crippen LogP contribution in [-0.2, 0) is 14.8 Å². The maximum Gasteiger partial charge on any atom is 0.325 e. The van der Waals surface area contributed by atoms with Crippen LogP contribution >= 0.6 is 11.3 Å². The van der Waals surface area contributed by atoms with E-state index in [4.69, 9.17) is 0 Å². The highest BCUT2D eigenvalue weighted by Gasteiger charge is 2.63. The number of nitrogens with one attached hydrogen (secondary N) is 1. The van der Waals surface area contributed by atoms with Crippen molar-refractivity contribution in [3.63, 3.8) is 0 Å². The Balaban J connectivity index is 1.61. The smallest absolute Gasteiger partial charge is 0.325 e. The van der Waals surface area contributed by atoms with E-state index < -0.39 is 21.5 Å². The molecular formula is C18H17N3O4S2. The van der Waals surface area contributed by atoms with Gasteiger partial charge >= 0.3 is 5.97 Å². The standard InChI is InChI=1S/C18H17N3O4S2/c1-12-10-19-21(11-12)15-7-8-16(26-15)27(24,25)20-18(17(22)23)9-14(18)13-5-3-2-4-6-13/h2-8,10-11,14,20H,9H2,1H3,(H,22,23)/t14-,18+/m1/s1. The summed E-state index contributed by atoms with van der Waals surface area (Å²) in [4.78, 5) is 11.9. The van der Waals surface area contributed by atoms with Gasteiger partial charge in [-0.05, 0) is 36.6 Å². The molecule has 1 aromatic carbocycles. The zero-order valence-corrected chi connectivity index (χ0v) is 16.0. The maximum atomic E-state index is 12.8. The lowest BCUT2D eigenvalue weighted by Gasteiger charge is -2.14. The van der Waals surface area contributed by atoms with E-state index in [0.717, 1.165) is 22.5 Å². The number of carboxylic acids is 1. The van der Waals surface area contributed by atoms with Gasteiger partial charge in [0.2, 0.25) is 0 Å². The second-order valence-corrected chi connectivity index (χ2v) is 9.58. The van der Waals surface area contributed by atoms with Gasteiger partial charge in [-0.1, -0.05) is 30.3 Å². The van der Waals surface area contributed by atoms with Gasteiger partial charge in [0.25, 0.3) is 10.0 Å². The highest BCUT2D eigenvalue weighted by molar-refractivity contribution is 7.91. The van der Waals surface area contributed by atoms with Gasteiger partial charge in [-0.25, -0.2) is 13.1 Å². The largest absolute Gasteiger partial charge is 0.480 e. The number of hydrogen-bond acceptors (Lipinski definition) is 5. The quantitative estimate of drug-likeness (QED) is 0.659. The van der Waals surface area contributed by atoms with E-state index >= 15 is 0 Å². The predicted molar refractivity (Wildman–Crippen MR) is 101 cm³/mol. The molecule has 2 heterocycles.